The molecule has 0 heterocycles. The first kappa shape index (κ1) is 16.7. The molecule has 4 nitrogen and oxygen atoms in total. The molecule has 0 fully saturated rings. The Balaban J connectivity index is 0.00000289. The fraction of sp³-hybridized carbons (Fsp3) is 0.462. The van der Waals surface area contributed by atoms with E-state index in [2.05, 4.69) is 5.32 Å². The first-order valence-corrected chi connectivity index (χ1v) is 5.90. The molecule has 1 amide bonds. The van der Waals surface area contributed by atoms with Gasteiger partial charge < -0.3 is 15.8 Å². The van der Waals surface area contributed by atoms with Crippen molar-refractivity contribution in [1.29, 1.82) is 0 Å². The van der Waals surface area contributed by atoms with Gasteiger partial charge in [-0.1, -0.05) is 0 Å². The fourth-order valence-electron chi connectivity index (χ4n) is 1.38. The smallest absolute Gasteiger partial charge is 0.224 e. The summed E-state index contributed by atoms with van der Waals surface area (Å²) in [6.07, 6.45) is 1.15. The minimum Gasteiger partial charge on any atom is -0.494 e. The van der Waals surface area contributed by atoms with Crippen molar-refractivity contribution in [3.63, 3.8) is 0 Å². The van der Waals surface area contributed by atoms with E-state index in [-0.39, 0.29) is 24.4 Å². The fourth-order valence-corrected chi connectivity index (χ4v) is 1.38. The van der Waals surface area contributed by atoms with Crippen LogP contribution in [0.3, 0.4) is 0 Å². The van der Waals surface area contributed by atoms with Crippen LogP contribution in [0.4, 0.5) is 5.69 Å². The highest BCUT2D eigenvalue weighted by Gasteiger charge is 2.04. The third kappa shape index (κ3) is 6.47. The maximum absolute atomic E-state index is 11.5. The summed E-state index contributed by atoms with van der Waals surface area (Å²) in [5.41, 5.74) is 6.37. The summed E-state index contributed by atoms with van der Waals surface area (Å²) in [5.74, 6) is 0.799. The SMILES string of the molecule is CCOc1ccc(NC(=O)CCC(C)N)cc1.Cl. The molecule has 0 radical (unpaired) electrons. The normalized spacial score (nSPS) is 11.3. The summed E-state index contributed by atoms with van der Waals surface area (Å²) >= 11 is 0. The maximum atomic E-state index is 11.5. The number of ether oxygens (including phenoxy) is 1. The van der Waals surface area contributed by atoms with Crippen molar-refractivity contribution in [2.45, 2.75) is 32.7 Å². The van der Waals surface area contributed by atoms with E-state index in [9.17, 15) is 4.79 Å². The van der Waals surface area contributed by atoms with Crippen LogP contribution in [-0.4, -0.2) is 18.6 Å². The van der Waals surface area contributed by atoms with E-state index in [1.807, 2.05) is 38.1 Å². The molecule has 5 heteroatoms. The van der Waals surface area contributed by atoms with Gasteiger partial charge in [0.15, 0.2) is 0 Å². The van der Waals surface area contributed by atoms with Crippen LogP contribution in [0.15, 0.2) is 24.3 Å². The molecule has 1 atom stereocenters. The summed E-state index contributed by atoms with van der Waals surface area (Å²) in [7, 11) is 0. The molecule has 0 aliphatic heterocycles. The van der Waals surface area contributed by atoms with Crippen LogP contribution < -0.4 is 15.8 Å². The number of carbonyl (C=O) groups is 1. The minimum atomic E-state index is -0.00791. The number of nitrogens with two attached hydrogens (primary N) is 1. The molecular formula is C13H21ClN2O2. The second kappa shape index (κ2) is 8.78. The van der Waals surface area contributed by atoms with E-state index in [1.165, 1.54) is 0 Å². The number of nitrogens with one attached hydrogen (secondary N) is 1. The lowest BCUT2D eigenvalue weighted by Gasteiger charge is -2.08. The Hall–Kier alpha value is -1.26. The second-order valence-electron chi connectivity index (χ2n) is 4.02. The van der Waals surface area contributed by atoms with Crippen LogP contribution >= 0.6 is 12.4 Å². The third-order valence-corrected chi connectivity index (χ3v) is 2.28. The standard InChI is InChI=1S/C13H20N2O2.ClH/c1-3-17-12-7-5-11(6-8-12)15-13(16)9-4-10(2)14;/h5-8,10H,3-4,9,14H2,1-2H3,(H,15,16);1H. The molecule has 0 aromatic heterocycles. The molecule has 0 bridgehead atoms. The highest BCUT2D eigenvalue weighted by molar-refractivity contribution is 5.90. The average Bonchev–Trinajstić information content (AvgIpc) is 2.29. The van der Waals surface area contributed by atoms with E-state index in [0.29, 0.717) is 19.4 Å². The largest absolute Gasteiger partial charge is 0.494 e. The Morgan fingerprint density at radius 3 is 2.50 bits per heavy atom. The first-order valence-electron chi connectivity index (χ1n) is 5.90. The molecule has 0 saturated carbocycles. The number of anilines is 1. The second-order valence-corrected chi connectivity index (χ2v) is 4.02. The summed E-state index contributed by atoms with van der Waals surface area (Å²) in [4.78, 5) is 11.5. The predicted octanol–water partition coefficient (Wildman–Crippen LogP) is 2.57. The number of benzene rings is 1. The number of amides is 1. The molecule has 0 aliphatic rings. The van der Waals surface area contributed by atoms with Crippen molar-refractivity contribution >= 4 is 24.0 Å². The zero-order chi connectivity index (χ0) is 12.7. The zero-order valence-electron chi connectivity index (χ0n) is 10.8. The number of hydrogen-bond acceptors (Lipinski definition) is 3. The zero-order valence-corrected chi connectivity index (χ0v) is 11.6. The molecule has 1 unspecified atom stereocenters. The molecule has 0 aliphatic carbocycles. The number of hydrogen-bond donors (Lipinski definition) is 2. The molecule has 1 aromatic carbocycles. The van der Waals surface area contributed by atoms with Gasteiger partial charge in [0.05, 0.1) is 6.61 Å². The summed E-state index contributed by atoms with van der Waals surface area (Å²) in [5, 5.41) is 2.82. The van der Waals surface area contributed by atoms with Crippen LogP contribution in [0, 0.1) is 0 Å². The van der Waals surface area contributed by atoms with Gasteiger partial charge in [-0.2, -0.15) is 0 Å². The molecule has 1 aromatic rings. The average molecular weight is 273 g/mol. The molecular weight excluding hydrogens is 252 g/mol. The van der Waals surface area contributed by atoms with Crippen molar-refractivity contribution < 1.29 is 9.53 Å². The molecule has 1 rings (SSSR count). The summed E-state index contributed by atoms with van der Waals surface area (Å²) in [6.45, 7) is 4.47. The van der Waals surface area contributed by atoms with Crippen molar-refractivity contribution in [1.82, 2.24) is 0 Å². The van der Waals surface area contributed by atoms with E-state index in [4.69, 9.17) is 10.5 Å². The van der Waals surface area contributed by atoms with Gasteiger partial charge in [0, 0.05) is 18.2 Å². The van der Waals surface area contributed by atoms with Gasteiger partial charge in [-0.05, 0) is 44.5 Å². The van der Waals surface area contributed by atoms with Gasteiger partial charge in [-0.15, -0.1) is 12.4 Å². The van der Waals surface area contributed by atoms with Crippen molar-refractivity contribution in [3.05, 3.63) is 24.3 Å². The third-order valence-electron chi connectivity index (χ3n) is 2.28. The highest BCUT2D eigenvalue weighted by atomic mass is 35.5. The van der Waals surface area contributed by atoms with Gasteiger partial charge in [-0.25, -0.2) is 0 Å². The Labute approximate surface area is 114 Å². The van der Waals surface area contributed by atoms with Gasteiger partial charge in [-0.3, -0.25) is 4.79 Å². The van der Waals surface area contributed by atoms with Gasteiger partial charge in [0.25, 0.3) is 0 Å². The van der Waals surface area contributed by atoms with E-state index < -0.39 is 0 Å². The van der Waals surface area contributed by atoms with Crippen LogP contribution in [0.25, 0.3) is 0 Å². The number of carbonyl (C=O) groups excluding carboxylic acids is 1. The summed E-state index contributed by atoms with van der Waals surface area (Å²) in [6, 6.07) is 7.39. The van der Waals surface area contributed by atoms with Crippen LogP contribution in [-0.2, 0) is 4.79 Å². The summed E-state index contributed by atoms with van der Waals surface area (Å²) < 4.78 is 5.32. The highest BCUT2D eigenvalue weighted by Crippen LogP contribution is 2.15. The van der Waals surface area contributed by atoms with Crippen molar-refractivity contribution in [2.24, 2.45) is 5.73 Å². The lowest BCUT2D eigenvalue weighted by atomic mass is 10.2. The molecule has 0 spiro atoms. The van der Waals surface area contributed by atoms with Crippen molar-refractivity contribution in [2.75, 3.05) is 11.9 Å². The predicted molar refractivity (Wildman–Crippen MR) is 76.4 cm³/mol. The Morgan fingerprint density at radius 2 is 2.00 bits per heavy atom. The quantitative estimate of drug-likeness (QED) is 0.837. The van der Waals surface area contributed by atoms with E-state index >= 15 is 0 Å². The minimum absolute atomic E-state index is 0. The van der Waals surface area contributed by atoms with Gasteiger partial charge in [0.1, 0.15) is 5.75 Å². The van der Waals surface area contributed by atoms with Crippen LogP contribution in [0.1, 0.15) is 26.7 Å². The molecule has 18 heavy (non-hydrogen) atoms. The lowest BCUT2D eigenvalue weighted by molar-refractivity contribution is -0.116. The topological polar surface area (TPSA) is 64.3 Å². The van der Waals surface area contributed by atoms with Crippen LogP contribution in [0.5, 0.6) is 5.75 Å². The Kier molecular flexibility index (Phi) is 8.16. The van der Waals surface area contributed by atoms with Crippen LogP contribution in [0.2, 0.25) is 0 Å². The van der Waals surface area contributed by atoms with Crippen molar-refractivity contribution in [3.8, 4) is 5.75 Å². The van der Waals surface area contributed by atoms with Gasteiger partial charge >= 0.3 is 0 Å². The number of rotatable bonds is 6. The molecule has 102 valence electrons. The lowest BCUT2D eigenvalue weighted by Crippen LogP contribution is -2.19. The monoisotopic (exact) mass is 272 g/mol. The van der Waals surface area contributed by atoms with E-state index in [0.717, 1.165) is 11.4 Å². The Morgan fingerprint density at radius 1 is 1.39 bits per heavy atom. The molecule has 0 saturated heterocycles. The number of halogens is 1. The van der Waals surface area contributed by atoms with Gasteiger partial charge in [0.2, 0.25) is 5.91 Å². The Bertz CT molecular complexity index is 353. The first-order chi connectivity index (χ1) is 8.11. The molecule has 3 N–H and O–H groups in total. The maximum Gasteiger partial charge on any atom is 0.224 e. The van der Waals surface area contributed by atoms with E-state index in [1.54, 1.807) is 0 Å².